The molecule has 2 aromatic carbocycles. The van der Waals surface area contributed by atoms with Crippen molar-refractivity contribution in [2.75, 3.05) is 13.6 Å². The minimum Gasteiger partial charge on any atom is -0.357 e. The van der Waals surface area contributed by atoms with Crippen molar-refractivity contribution >= 4 is 22.5 Å². The van der Waals surface area contributed by atoms with Crippen molar-refractivity contribution in [2.24, 2.45) is 0 Å². The summed E-state index contributed by atoms with van der Waals surface area (Å²) < 4.78 is 0. The van der Waals surface area contributed by atoms with Crippen molar-refractivity contribution in [3.63, 3.8) is 0 Å². The first-order valence-corrected chi connectivity index (χ1v) is 8.64. The monoisotopic (exact) mass is 324 g/mol. The van der Waals surface area contributed by atoms with Gasteiger partial charge in [-0.3, -0.25) is 4.90 Å². The molecular formula is C20H21ClN2. The third-order valence-corrected chi connectivity index (χ3v) is 5.27. The molecule has 0 bridgehead atoms. The zero-order valence-corrected chi connectivity index (χ0v) is 14.1. The van der Waals surface area contributed by atoms with E-state index in [1.54, 1.807) is 0 Å². The summed E-state index contributed by atoms with van der Waals surface area (Å²) in [6, 6.07) is 17.4. The van der Waals surface area contributed by atoms with Crippen molar-refractivity contribution < 1.29 is 0 Å². The maximum atomic E-state index is 6.20. The third-order valence-electron chi connectivity index (χ3n) is 5.03. The number of rotatable bonds is 3. The van der Waals surface area contributed by atoms with E-state index in [4.69, 9.17) is 11.6 Å². The van der Waals surface area contributed by atoms with Gasteiger partial charge in [-0.15, -0.1) is 0 Å². The number of nitrogens with zero attached hydrogens (tertiary/aromatic N) is 1. The van der Waals surface area contributed by atoms with Gasteiger partial charge in [0.2, 0.25) is 0 Å². The lowest BCUT2D eigenvalue weighted by Crippen LogP contribution is -2.32. The molecule has 2 heterocycles. The zero-order valence-electron chi connectivity index (χ0n) is 13.3. The third kappa shape index (κ3) is 2.77. The van der Waals surface area contributed by atoms with Gasteiger partial charge in [0.05, 0.1) is 6.04 Å². The molecule has 0 saturated carbocycles. The van der Waals surface area contributed by atoms with E-state index in [1.165, 1.54) is 27.7 Å². The summed E-state index contributed by atoms with van der Waals surface area (Å²) in [6.45, 7) is 1.10. The van der Waals surface area contributed by atoms with Crippen LogP contribution in [0, 0.1) is 0 Å². The number of benzene rings is 2. The molecule has 4 rings (SSSR count). The topological polar surface area (TPSA) is 19.0 Å². The average molecular weight is 325 g/mol. The van der Waals surface area contributed by atoms with Gasteiger partial charge < -0.3 is 4.98 Å². The predicted octanol–water partition coefficient (Wildman–Crippen LogP) is 4.98. The number of aryl methyl sites for hydroxylation is 1. The lowest BCUT2D eigenvalue weighted by Gasteiger charge is -2.33. The molecule has 1 atom stereocenters. The number of nitrogens with one attached hydrogen (secondary N) is 1. The standard InChI is InChI=1S/C20H21ClN2/c1-23-12-11-16-17-13-15(21)8-9-18(17)22-20(16)19(23)10-7-14-5-3-2-4-6-14/h2-6,8-9,13,19,22H,7,10-12H2,1H3. The Morgan fingerprint density at radius 1 is 1.17 bits per heavy atom. The second kappa shape index (κ2) is 6.03. The molecule has 1 aliphatic rings. The van der Waals surface area contributed by atoms with E-state index in [-0.39, 0.29) is 0 Å². The summed E-state index contributed by atoms with van der Waals surface area (Å²) in [7, 11) is 2.23. The number of H-pyrrole nitrogens is 1. The Morgan fingerprint density at radius 2 is 2.00 bits per heavy atom. The zero-order chi connectivity index (χ0) is 15.8. The molecule has 2 nitrogen and oxygen atoms in total. The average Bonchev–Trinajstić information content (AvgIpc) is 2.93. The van der Waals surface area contributed by atoms with Crippen LogP contribution in [-0.2, 0) is 12.8 Å². The van der Waals surface area contributed by atoms with E-state index >= 15 is 0 Å². The molecule has 0 aliphatic carbocycles. The lowest BCUT2D eigenvalue weighted by atomic mass is 9.93. The molecule has 1 aliphatic heterocycles. The molecule has 0 radical (unpaired) electrons. The van der Waals surface area contributed by atoms with Crippen LogP contribution in [0.5, 0.6) is 0 Å². The fraction of sp³-hybridized carbons (Fsp3) is 0.300. The molecule has 118 valence electrons. The Balaban J connectivity index is 1.67. The van der Waals surface area contributed by atoms with Gasteiger partial charge in [0.15, 0.2) is 0 Å². The van der Waals surface area contributed by atoms with Gasteiger partial charge in [0.25, 0.3) is 0 Å². The van der Waals surface area contributed by atoms with E-state index in [9.17, 15) is 0 Å². The first-order valence-electron chi connectivity index (χ1n) is 8.26. The van der Waals surface area contributed by atoms with Crippen molar-refractivity contribution in [1.82, 2.24) is 9.88 Å². The molecule has 3 heteroatoms. The number of likely N-dealkylation sites (N-methyl/N-ethyl adjacent to an activating group) is 1. The number of aromatic nitrogens is 1. The summed E-state index contributed by atoms with van der Waals surface area (Å²) in [4.78, 5) is 6.13. The highest BCUT2D eigenvalue weighted by atomic mass is 35.5. The van der Waals surface area contributed by atoms with Gasteiger partial charge >= 0.3 is 0 Å². The molecule has 1 N–H and O–H groups in total. The molecule has 23 heavy (non-hydrogen) atoms. The molecule has 0 spiro atoms. The maximum absolute atomic E-state index is 6.20. The lowest BCUT2D eigenvalue weighted by molar-refractivity contribution is 0.216. The van der Waals surface area contributed by atoms with E-state index in [0.717, 1.165) is 30.8 Å². The first kappa shape index (κ1) is 14.8. The summed E-state index contributed by atoms with van der Waals surface area (Å²) in [5.74, 6) is 0. The van der Waals surface area contributed by atoms with Crippen LogP contribution in [0.1, 0.15) is 29.3 Å². The number of fused-ring (bicyclic) bond motifs is 3. The van der Waals surface area contributed by atoms with Gasteiger partial charge in [0.1, 0.15) is 0 Å². The molecule has 1 aromatic heterocycles. The Hall–Kier alpha value is -1.77. The fourth-order valence-electron chi connectivity index (χ4n) is 3.77. The van der Waals surface area contributed by atoms with E-state index in [0.29, 0.717) is 6.04 Å². The van der Waals surface area contributed by atoms with Crippen molar-refractivity contribution in [2.45, 2.75) is 25.3 Å². The molecular weight excluding hydrogens is 304 g/mol. The van der Waals surface area contributed by atoms with Crippen LogP contribution >= 0.6 is 11.6 Å². The highest BCUT2D eigenvalue weighted by molar-refractivity contribution is 6.31. The second-order valence-electron chi connectivity index (χ2n) is 6.48. The SMILES string of the molecule is CN1CCc2c([nH]c3ccc(Cl)cc23)C1CCc1ccccc1. The number of aromatic amines is 1. The van der Waals surface area contributed by atoms with E-state index < -0.39 is 0 Å². The van der Waals surface area contributed by atoms with Gasteiger partial charge in [-0.05, 0) is 55.6 Å². The largest absolute Gasteiger partial charge is 0.357 e. The maximum Gasteiger partial charge on any atom is 0.0501 e. The van der Waals surface area contributed by atoms with Crippen LogP contribution in [0.15, 0.2) is 48.5 Å². The fourth-order valence-corrected chi connectivity index (χ4v) is 3.94. The van der Waals surface area contributed by atoms with Crippen LogP contribution in [0.4, 0.5) is 0 Å². The molecule has 1 unspecified atom stereocenters. The van der Waals surface area contributed by atoms with Gasteiger partial charge in [-0.1, -0.05) is 41.9 Å². The van der Waals surface area contributed by atoms with Crippen LogP contribution in [0.3, 0.4) is 0 Å². The minimum absolute atomic E-state index is 0.449. The number of halogens is 1. The van der Waals surface area contributed by atoms with Crippen LogP contribution in [-0.4, -0.2) is 23.5 Å². The Morgan fingerprint density at radius 3 is 2.83 bits per heavy atom. The number of hydrogen-bond acceptors (Lipinski definition) is 1. The Kier molecular flexibility index (Phi) is 3.88. The molecule has 0 fully saturated rings. The predicted molar refractivity (Wildman–Crippen MR) is 97.1 cm³/mol. The van der Waals surface area contributed by atoms with Crippen molar-refractivity contribution in [1.29, 1.82) is 0 Å². The van der Waals surface area contributed by atoms with Crippen LogP contribution in [0.2, 0.25) is 5.02 Å². The number of hydrogen-bond donors (Lipinski definition) is 1. The molecule has 0 saturated heterocycles. The van der Waals surface area contributed by atoms with Crippen molar-refractivity contribution in [3.05, 3.63) is 70.4 Å². The summed E-state index contributed by atoms with van der Waals surface area (Å²) in [5.41, 5.74) is 5.46. The van der Waals surface area contributed by atoms with Crippen molar-refractivity contribution in [3.8, 4) is 0 Å². The van der Waals surface area contributed by atoms with Crippen LogP contribution in [0.25, 0.3) is 10.9 Å². The van der Waals surface area contributed by atoms with E-state index in [2.05, 4.69) is 59.4 Å². The minimum atomic E-state index is 0.449. The van der Waals surface area contributed by atoms with Gasteiger partial charge in [-0.25, -0.2) is 0 Å². The summed E-state index contributed by atoms with van der Waals surface area (Å²) >= 11 is 6.20. The normalized spacial score (nSPS) is 18.3. The smallest absolute Gasteiger partial charge is 0.0501 e. The second-order valence-corrected chi connectivity index (χ2v) is 6.91. The first-order chi connectivity index (χ1) is 11.2. The summed E-state index contributed by atoms with van der Waals surface area (Å²) in [5, 5.41) is 2.12. The Labute approximate surface area is 142 Å². The van der Waals surface area contributed by atoms with Gasteiger partial charge in [-0.2, -0.15) is 0 Å². The summed E-state index contributed by atoms with van der Waals surface area (Å²) in [6.07, 6.45) is 3.33. The molecule has 0 amide bonds. The van der Waals surface area contributed by atoms with Crippen LogP contribution < -0.4 is 0 Å². The highest BCUT2D eigenvalue weighted by Crippen LogP contribution is 2.36. The van der Waals surface area contributed by atoms with Gasteiger partial charge in [0, 0.05) is 28.2 Å². The quantitative estimate of drug-likeness (QED) is 0.719. The highest BCUT2D eigenvalue weighted by Gasteiger charge is 2.27. The van der Waals surface area contributed by atoms with E-state index in [1.807, 2.05) is 6.07 Å². The Bertz CT molecular complexity index is 822. The molecule has 3 aromatic rings.